The summed E-state index contributed by atoms with van der Waals surface area (Å²) in [4.78, 5) is 17.0. The third-order valence-corrected chi connectivity index (χ3v) is 4.29. The predicted octanol–water partition coefficient (Wildman–Crippen LogP) is 3.32. The molecule has 0 bridgehead atoms. The van der Waals surface area contributed by atoms with E-state index in [4.69, 9.17) is 4.74 Å². The summed E-state index contributed by atoms with van der Waals surface area (Å²) in [6, 6.07) is 18.2. The van der Waals surface area contributed by atoms with Crippen LogP contribution in [-0.4, -0.2) is 36.5 Å². The molecule has 1 aliphatic heterocycles. The van der Waals surface area contributed by atoms with Gasteiger partial charge in [0.25, 0.3) is 0 Å². The number of amides is 1. The highest BCUT2D eigenvalue weighted by molar-refractivity contribution is 5.82. The molecule has 0 fully saturated rings. The molecule has 1 heterocycles. The average molecular weight is 324 g/mol. The standard InChI is InChI=1S/C20H24N2O2/c1-16(2)22(14-17-8-4-3-5-9-17)20(23)15-21-12-13-24-19-11-7-6-10-18(19)21/h3-11,16H,12-15H2,1-2H3. The summed E-state index contributed by atoms with van der Waals surface area (Å²) in [7, 11) is 0. The van der Waals surface area contributed by atoms with Gasteiger partial charge in [0.1, 0.15) is 12.4 Å². The zero-order valence-electron chi connectivity index (χ0n) is 14.3. The number of carbonyl (C=O) groups is 1. The van der Waals surface area contributed by atoms with Crippen molar-refractivity contribution in [3.05, 3.63) is 60.2 Å². The second-order valence-electron chi connectivity index (χ2n) is 6.34. The molecule has 0 aromatic heterocycles. The molecule has 4 heteroatoms. The number of nitrogens with zero attached hydrogens (tertiary/aromatic N) is 2. The molecule has 24 heavy (non-hydrogen) atoms. The van der Waals surface area contributed by atoms with Crippen molar-refractivity contribution in [3.63, 3.8) is 0 Å². The minimum atomic E-state index is 0.144. The molecule has 2 aromatic carbocycles. The van der Waals surface area contributed by atoms with Crippen LogP contribution in [0.3, 0.4) is 0 Å². The summed E-state index contributed by atoms with van der Waals surface area (Å²) in [5.41, 5.74) is 2.16. The van der Waals surface area contributed by atoms with Gasteiger partial charge in [0.2, 0.25) is 5.91 Å². The minimum Gasteiger partial charge on any atom is -0.490 e. The van der Waals surface area contributed by atoms with E-state index >= 15 is 0 Å². The van der Waals surface area contributed by atoms with Gasteiger partial charge in [-0.05, 0) is 31.5 Å². The molecule has 4 nitrogen and oxygen atoms in total. The van der Waals surface area contributed by atoms with Crippen molar-refractivity contribution >= 4 is 11.6 Å². The van der Waals surface area contributed by atoms with Gasteiger partial charge >= 0.3 is 0 Å². The number of ether oxygens (including phenoxy) is 1. The van der Waals surface area contributed by atoms with Crippen LogP contribution in [0.25, 0.3) is 0 Å². The Labute approximate surface area is 143 Å². The summed E-state index contributed by atoms with van der Waals surface area (Å²) in [5, 5.41) is 0. The Morgan fingerprint density at radius 3 is 2.58 bits per heavy atom. The molecular weight excluding hydrogens is 300 g/mol. The first-order valence-corrected chi connectivity index (χ1v) is 8.45. The van der Waals surface area contributed by atoms with Gasteiger partial charge in [-0.2, -0.15) is 0 Å². The third kappa shape index (κ3) is 3.70. The molecule has 3 rings (SSSR count). The zero-order chi connectivity index (χ0) is 16.9. The molecule has 1 amide bonds. The summed E-state index contributed by atoms with van der Waals surface area (Å²) in [6.07, 6.45) is 0. The van der Waals surface area contributed by atoms with Gasteiger partial charge in [-0.1, -0.05) is 42.5 Å². The molecule has 0 unspecified atom stereocenters. The van der Waals surface area contributed by atoms with Crippen LogP contribution in [0.1, 0.15) is 19.4 Å². The van der Waals surface area contributed by atoms with Crippen LogP contribution in [0.4, 0.5) is 5.69 Å². The molecule has 126 valence electrons. The quantitative estimate of drug-likeness (QED) is 0.846. The van der Waals surface area contributed by atoms with E-state index in [-0.39, 0.29) is 11.9 Å². The van der Waals surface area contributed by atoms with E-state index in [0.717, 1.165) is 23.5 Å². The maximum Gasteiger partial charge on any atom is 0.242 e. The summed E-state index contributed by atoms with van der Waals surface area (Å²) >= 11 is 0. The molecular formula is C20H24N2O2. The first-order chi connectivity index (χ1) is 11.6. The van der Waals surface area contributed by atoms with Crippen molar-refractivity contribution in [1.29, 1.82) is 0 Å². The van der Waals surface area contributed by atoms with Crippen LogP contribution in [0.5, 0.6) is 5.75 Å². The van der Waals surface area contributed by atoms with Gasteiger partial charge in [0.15, 0.2) is 0 Å². The lowest BCUT2D eigenvalue weighted by molar-refractivity contribution is -0.132. The molecule has 0 aliphatic carbocycles. The monoisotopic (exact) mass is 324 g/mol. The average Bonchev–Trinajstić information content (AvgIpc) is 2.60. The largest absolute Gasteiger partial charge is 0.490 e. The maximum atomic E-state index is 12.9. The summed E-state index contributed by atoms with van der Waals surface area (Å²) < 4.78 is 5.67. The summed E-state index contributed by atoms with van der Waals surface area (Å²) in [5.74, 6) is 1.00. The van der Waals surface area contributed by atoms with E-state index < -0.39 is 0 Å². The summed E-state index contributed by atoms with van der Waals surface area (Å²) in [6.45, 7) is 6.50. The zero-order valence-corrected chi connectivity index (χ0v) is 14.3. The Balaban J connectivity index is 1.73. The van der Waals surface area contributed by atoms with E-state index in [2.05, 4.69) is 30.9 Å². The molecule has 0 N–H and O–H groups in total. The second-order valence-corrected chi connectivity index (χ2v) is 6.34. The normalized spacial score (nSPS) is 13.4. The van der Waals surface area contributed by atoms with E-state index in [1.165, 1.54) is 0 Å². The smallest absolute Gasteiger partial charge is 0.242 e. The fourth-order valence-corrected chi connectivity index (χ4v) is 2.98. The first-order valence-electron chi connectivity index (χ1n) is 8.45. The topological polar surface area (TPSA) is 32.8 Å². The van der Waals surface area contributed by atoms with Gasteiger partial charge in [-0.3, -0.25) is 4.79 Å². The van der Waals surface area contributed by atoms with Crippen LogP contribution in [0.15, 0.2) is 54.6 Å². The number of fused-ring (bicyclic) bond motifs is 1. The van der Waals surface area contributed by atoms with Crippen LogP contribution in [0, 0.1) is 0 Å². The third-order valence-electron chi connectivity index (χ3n) is 4.29. The maximum absolute atomic E-state index is 12.9. The van der Waals surface area contributed by atoms with E-state index in [9.17, 15) is 4.79 Å². The van der Waals surface area contributed by atoms with Crippen molar-refractivity contribution < 1.29 is 9.53 Å². The van der Waals surface area contributed by atoms with Crippen molar-refractivity contribution in [3.8, 4) is 5.75 Å². The highest BCUT2D eigenvalue weighted by atomic mass is 16.5. The van der Waals surface area contributed by atoms with Gasteiger partial charge in [-0.25, -0.2) is 0 Å². The van der Waals surface area contributed by atoms with E-state index in [1.54, 1.807) is 0 Å². The van der Waals surface area contributed by atoms with Crippen molar-refractivity contribution in [2.75, 3.05) is 24.6 Å². The molecule has 0 saturated carbocycles. The lowest BCUT2D eigenvalue weighted by Crippen LogP contribution is -2.45. The number of anilines is 1. The second kappa shape index (κ2) is 7.39. The van der Waals surface area contributed by atoms with Crippen LogP contribution in [0.2, 0.25) is 0 Å². The van der Waals surface area contributed by atoms with Gasteiger partial charge < -0.3 is 14.5 Å². The van der Waals surface area contributed by atoms with Crippen LogP contribution >= 0.6 is 0 Å². The number of rotatable bonds is 5. The van der Waals surface area contributed by atoms with E-state index in [0.29, 0.717) is 19.7 Å². The number of carbonyl (C=O) groups excluding carboxylic acids is 1. The minimum absolute atomic E-state index is 0.144. The Morgan fingerprint density at radius 1 is 1.12 bits per heavy atom. The molecule has 0 spiro atoms. The SMILES string of the molecule is CC(C)N(Cc1ccccc1)C(=O)CN1CCOc2ccccc21. The lowest BCUT2D eigenvalue weighted by Gasteiger charge is -2.34. The molecule has 2 aromatic rings. The Kier molecular flexibility index (Phi) is 5.04. The molecule has 0 radical (unpaired) electrons. The van der Waals surface area contributed by atoms with Crippen molar-refractivity contribution in [2.45, 2.75) is 26.4 Å². The molecule has 0 atom stereocenters. The van der Waals surface area contributed by atoms with Crippen molar-refractivity contribution in [2.24, 2.45) is 0 Å². The van der Waals surface area contributed by atoms with Crippen LogP contribution < -0.4 is 9.64 Å². The molecule has 0 saturated heterocycles. The van der Waals surface area contributed by atoms with Gasteiger partial charge in [0, 0.05) is 12.6 Å². The lowest BCUT2D eigenvalue weighted by atomic mass is 10.1. The fraction of sp³-hybridized carbons (Fsp3) is 0.350. The predicted molar refractivity (Wildman–Crippen MR) is 96.3 cm³/mol. The Bertz CT molecular complexity index is 685. The number of hydrogen-bond acceptors (Lipinski definition) is 3. The van der Waals surface area contributed by atoms with Gasteiger partial charge in [0.05, 0.1) is 18.8 Å². The first kappa shape index (κ1) is 16.4. The fourth-order valence-electron chi connectivity index (χ4n) is 2.98. The Hall–Kier alpha value is -2.49. The number of hydrogen-bond donors (Lipinski definition) is 0. The van der Waals surface area contributed by atoms with E-state index in [1.807, 2.05) is 47.4 Å². The highest BCUT2D eigenvalue weighted by Crippen LogP contribution is 2.30. The molecule has 1 aliphatic rings. The number of para-hydroxylation sites is 2. The Morgan fingerprint density at radius 2 is 1.83 bits per heavy atom. The van der Waals surface area contributed by atoms with Crippen molar-refractivity contribution in [1.82, 2.24) is 4.90 Å². The van der Waals surface area contributed by atoms with Crippen LogP contribution in [-0.2, 0) is 11.3 Å². The number of benzene rings is 2. The highest BCUT2D eigenvalue weighted by Gasteiger charge is 2.24. The van der Waals surface area contributed by atoms with Gasteiger partial charge in [-0.15, -0.1) is 0 Å².